The number of guanidine groups is 1. The van der Waals surface area contributed by atoms with E-state index in [0.717, 1.165) is 38.4 Å². The third kappa shape index (κ3) is 8.53. The van der Waals surface area contributed by atoms with E-state index in [1.54, 1.807) is 26.0 Å². The molecule has 0 aromatic rings. The van der Waals surface area contributed by atoms with E-state index in [1.807, 2.05) is 0 Å². The molecule has 1 aliphatic carbocycles. The lowest BCUT2D eigenvalue weighted by Gasteiger charge is -2.35. The molecule has 162 valence electrons. The minimum atomic E-state index is 0. The summed E-state index contributed by atoms with van der Waals surface area (Å²) >= 11 is 0. The molecule has 0 spiro atoms. The monoisotopic (exact) mass is 507 g/mol. The number of hydrogen-bond donors (Lipinski definition) is 2. The third-order valence-corrected chi connectivity index (χ3v) is 5.80. The number of aliphatic imine (C=N–C) groups is 1. The van der Waals surface area contributed by atoms with Crippen molar-refractivity contribution in [3.8, 4) is 0 Å². The van der Waals surface area contributed by atoms with Crippen LogP contribution in [0.25, 0.3) is 0 Å². The normalized spacial score (nSPS) is 19.0. The molecule has 2 rings (SSSR count). The first-order chi connectivity index (χ1) is 13.0. The van der Waals surface area contributed by atoms with Crippen LogP contribution in [0.1, 0.15) is 51.4 Å². The molecule has 7 nitrogen and oxygen atoms in total. The van der Waals surface area contributed by atoms with E-state index in [2.05, 4.69) is 20.5 Å². The van der Waals surface area contributed by atoms with Crippen LogP contribution in [-0.4, -0.2) is 74.9 Å². The number of likely N-dealkylation sites (N-methyl/N-ethyl adjacent to an activating group) is 1. The smallest absolute Gasteiger partial charge is 0.243 e. The fraction of sp³-hybridized carbons (Fsp3) is 0.850. The Hall–Kier alpha value is -1.06. The second-order valence-corrected chi connectivity index (χ2v) is 8.12. The molecule has 1 saturated carbocycles. The average molecular weight is 507 g/mol. The zero-order chi connectivity index (χ0) is 19.6. The highest BCUT2D eigenvalue weighted by atomic mass is 127. The fourth-order valence-electron chi connectivity index (χ4n) is 3.89. The summed E-state index contributed by atoms with van der Waals surface area (Å²) in [5.41, 5.74) is 0. The van der Waals surface area contributed by atoms with Crippen LogP contribution < -0.4 is 10.6 Å². The zero-order valence-electron chi connectivity index (χ0n) is 17.7. The summed E-state index contributed by atoms with van der Waals surface area (Å²) < 4.78 is 0. The molecule has 2 aliphatic rings. The van der Waals surface area contributed by atoms with E-state index in [1.165, 1.54) is 32.1 Å². The Morgan fingerprint density at radius 2 is 1.68 bits per heavy atom. The van der Waals surface area contributed by atoms with E-state index in [4.69, 9.17) is 0 Å². The quantitative estimate of drug-likeness (QED) is 0.328. The van der Waals surface area contributed by atoms with Gasteiger partial charge in [-0.2, -0.15) is 0 Å². The van der Waals surface area contributed by atoms with Gasteiger partial charge in [-0.1, -0.05) is 19.3 Å². The first-order valence-corrected chi connectivity index (χ1v) is 10.4. The van der Waals surface area contributed by atoms with Gasteiger partial charge in [-0.05, 0) is 37.5 Å². The summed E-state index contributed by atoms with van der Waals surface area (Å²) in [6.07, 6.45) is 9.14. The maximum Gasteiger partial charge on any atom is 0.243 e. The maximum atomic E-state index is 12.0. The number of nitrogens with one attached hydrogen (secondary N) is 2. The summed E-state index contributed by atoms with van der Waals surface area (Å²) in [5, 5.41) is 6.26. The van der Waals surface area contributed by atoms with Crippen molar-refractivity contribution in [2.75, 3.05) is 47.3 Å². The van der Waals surface area contributed by atoms with Gasteiger partial charge < -0.3 is 20.4 Å². The highest BCUT2D eigenvalue weighted by Crippen LogP contribution is 2.23. The SMILES string of the molecule is CNC(=O)CC1CCN(C(=NCC(=O)N(C)C)NCC2CCCCC2)CC1.I. The van der Waals surface area contributed by atoms with Gasteiger partial charge in [-0.15, -0.1) is 24.0 Å². The van der Waals surface area contributed by atoms with Crippen LogP contribution in [0.2, 0.25) is 0 Å². The number of carbonyl (C=O) groups is 2. The maximum absolute atomic E-state index is 12.0. The van der Waals surface area contributed by atoms with Crippen molar-refractivity contribution in [1.29, 1.82) is 0 Å². The van der Waals surface area contributed by atoms with Crippen LogP contribution in [0, 0.1) is 11.8 Å². The minimum Gasteiger partial charge on any atom is -0.359 e. The number of likely N-dealkylation sites (tertiary alicyclic amines) is 1. The minimum absolute atomic E-state index is 0. The molecule has 1 heterocycles. The van der Waals surface area contributed by atoms with Crippen LogP contribution in [0.15, 0.2) is 4.99 Å². The lowest BCUT2D eigenvalue weighted by atomic mass is 9.89. The predicted octanol–water partition coefficient (Wildman–Crippen LogP) is 2.07. The summed E-state index contributed by atoms with van der Waals surface area (Å²) in [6, 6.07) is 0. The summed E-state index contributed by atoms with van der Waals surface area (Å²) in [6.45, 7) is 2.88. The molecular formula is C20H38IN5O2. The van der Waals surface area contributed by atoms with Crippen molar-refractivity contribution >= 4 is 41.8 Å². The van der Waals surface area contributed by atoms with Crippen LogP contribution in [-0.2, 0) is 9.59 Å². The summed E-state index contributed by atoms with van der Waals surface area (Å²) in [4.78, 5) is 32.0. The van der Waals surface area contributed by atoms with Gasteiger partial charge in [0.1, 0.15) is 6.54 Å². The Balaban J connectivity index is 0.00000392. The predicted molar refractivity (Wildman–Crippen MR) is 124 cm³/mol. The molecule has 2 amide bonds. The highest BCUT2D eigenvalue weighted by molar-refractivity contribution is 14.0. The zero-order valence-corrected chi connectivity index (χ0v) is 20.0. The Bertz CT molecular complexity index is 513. The van der Waals surface area contributed by atoms with E-state index in [0.29, 0.717) is 18.3 Å². The molecule has 0 aromatic heterocycles. The van der Waals surface area contributed by atoms with Crippen molar-refractivity contribution in [2.45, 2.75) is 51.4 Å². The van der Waals surface area contributed by atoms with Gasteiger partial charge in [0, 0.05) is 47.2 Å². The molecule has 0 unspecified atom stereocenters. The lowest BCUT2D eigenvalue weighted by molar-refractivity contribution is -0.127. The molecule has 2 N–H and O–H groups in total. The van der Waals surface area contributed by atoms with Gasteiger partial charge in [-0.25, -0.2) is 4.99 Å². The highest BCUT2D eigenvalue weighted by Gasteiger charge is 2.24. The standard InChI is InChI=1S/C20H37N5O2.HI/c1-21-18(26)13-16-9-11-25(12-10-16)20(23-15-19(27)24(2)3)22-14-17-7-5-4-6-8-17;/h16-17H,4-15H2,1-3H3,(H,21,26)(H,22,23);1H. The Kier molecular flexibility index (Phi) is 11.8. The third-order valence-electron chi connectivity index (χ3n) is 5.80. The number of piperidine rings is 1. The van der Waals surface area contributed by atoms with Gasteiger partial charge in [0.05, 0.1) is 0 Å². The average Bonchev–Trinajstić information content (AvgIpc) is 2.69. The molecular weight excluding hydrogens is 469 g/mol. The van der Waals surface area contributed by atoms with Gasteiger partial charge in [-0.3, -0.25) is 9.59 Å². The summed E-state index contributed by atoms with van der Waals surface area (Å²) in [7, 11) is 5.22. The van der Waals surface area contributed by atoms with Crippen LogP contribution >= 0.6 is 24.0 Å². The Morgan fingerprint density at radius 3 is 2.25 bits per heavy atom. The number of halogens is 1. The molecule has 0 bridgehead atoms. The number of hydrogen-bond acceptors (Lipinski definition) is 3. The topological polar surface area (TPSA) is 77.0 Å². The lowest BCUT2D eigenvalue weighted by Crippen LogP contribution is -2.47. The molecule has 8 heteroatoms. The fourth-order valence-corrected chi connectivity index (χ4v) is 3.89. The van der Waals surface area contributed by atoms with Crippen LogP contribution in [0.4, 0.5) is 0 Å². The van der Waals surface area contributed by atoms with Crippen LogP contribution in [0.5, 0.6) is 0 Å². The second-order valence-electron chi connectivity index (χ2n) is 8.12. The molecule has 2 fully saturated rings. The molecule has 0 radical (unpaired) electrons. The van der Waals surface area contributed by atoms with Crippen molar-refractivity contribution < 1.29 is 9.59 Å². The number of nitrogens with zero attached hydrogens (tertiary/aromatic N) is 3. The second kappa shape index (κ2) is 13.2. The van der Waals surface area contributed by atoms with E-state index >= 15 is 0 Å². The van der Waals surface area contributed by atoms with Gasteiger partial charge in [0.2, 0.25) is 11.8 Å². The van der Waals surface area contributed by atoms with E-state index in [9.17, 15) is 9.59 Å². The van der Waals surface area contributed by atoms with Crippen LogP contribution in [0.3, 0.4) is 0 Å². The van der Waals surface area contributed by atoms with Crippen molar-refractivity contribution in [2.24, 2.45) is 16.8 Å². The van der Waals surface area contributed by atoms with Gasteiger partial charge in [0.15, 0.2) is 5.96 Å². The molecule has 1 aliphatic heterocycles. The van der Waals surface area contributed by atoms with E-state index < -0.39 is 0 Å². The van der Waals surface area contributed by atoms with E-state index in [-0.39, 0.29) is 42.3 Å². The van der Waals surface area contributed by atoms with Gasteiger partial charge in [0.25, 0.3) is 0 Å². The molecule has 28 heavy (non-hydrogen) atoms. The Labute approximate surface area is 187 Å². The number of amides is 2. The summed E-state index contributed by atoms with van der Waals surface area (Å²) in [5.74, 6) is 2.13. The first kappa shape index (κ1) is 25.0. The molecule has 1 saturated heterocycles. The Morgan fingerprint density at radius 1 is 1.04 bits per heavy atom. The van der Waals surface area contributed by atoms with Gasteiger partial charge >= 0.3 is 0 Å². The van der Waals surface area contributed by atoms with Crippen molar-refractivity contribution in [3.63, 3.8) is 0 Å². The molecule has 0 atom stereocenters. The molecule has 0 aromatic carbocycles. The van der Waals surface area contributed by atoms with Crippen molar-refractivity contribution in [3.05, 3.63) is 0 Å². The number of carbonyl (C=O) groups excluding carboxylic acids is 2. The number of rotatable bonds is 6. The van der Waals surface area contributed by atoms with Crippen molar-refractivity contribution in [1.82, 2.24) is 20.4 Å². The first-order valence-electron chi connectivity index (χ1n) is 10.4. The largest absolute Gasteiger partial charge is 0.359 e.